The number of methoxy groups -OCH3 is 1. The molecule has 1 aromatic carbocycles. The lowest BCUT2D eigenvalue weighted by atomic mass is 9.62. The Balaban J connectivity index is 0.00000392. The van der Waals surface area contributed by atoms with Crippen molar-refractivity contribution in [2.24, 2.45) is 11.7 Å². The van der Waals surface area contributed by atoms with Crippen molar-refractivity contribution in [1.82, 2.24) is 0 Å². The standard InChI is InChI=1S/C20H31BClNO4.ClH/c1-19(2)20(3,4)27-21(26-19)17(16(13-25-5)18(23)24)8-6-7-14-9-11-15(22)12-10-14;/h9-12,16-17H,6-8,13H2,1-5H3,(H2,23,24);1H/t16?,17-;/m1./s1. The van der Waals surface area contributed by atoms with Crippen LogP contribution in [0.25, 0.3) is 0 Å². The van der Waals surface area contributed by atoms with Gasteiger partial charge in [-0.1, -0.05) is 30.2 Å². The minimum atomic E-state index is -0.493. The summed E-state index contributed by atoms with van der Waals surface area (Å²) in [6.07, 6.45) is 2.51. The van der Waals surface area contributed by atoms with Gasteiger partial charge in [-0.15, -0.1) is 12.4 Å². The van der Waals surface area contributed by atoms with Crippen LogP contribution in [0.2, 0.25) is 10.8 Å². The van der Waals surface area contributed by atoms with Crippen LogP contribution in [-0.2, 0) is 25.3 Å². The topological polar surface area (TPSA) is 70.8 Å². The van der Waals surface area contributed by atoms with Gasteiger partial charge in [0.05, 0.1) is 23.7 Å². The molecule has 0 aromatic heterocycles. The van der Waals surface area contributed by atoms with Gasteiger partial charge in [0.15, 0.2) is 0 Å². The quantitative estimate of drug-likeness (QED) is 0.591. The molecule has 0 spiro atoms. The van der Waals surface area contributed by atoms with Crippen molar-refractivity contribution < 1.29 is 18.8 Å². The number of halogens is 2. The molecule has 1 aliphatic rings. The molecule has 2 N–H and O–H groups in total. The summed E-state index contributed by atoms with van der Waals surface area (Å²) in [5.41, 5.74) is 5.97. The van der Waals surface area contributed by atoms with Crippen molar-refractivity contribution in [3.8, 4) is 0 Å². The summed E-state index contributed by atoms with van der Waals surface area (Å²) in [6.45, 7) is 8.28. The molecule has 1 aliphatic heterocycles. The fourth-order valence-corrected chi connectivity index (χ4v) is 3.51. The highest BCUT2D eigenvalue weighted by Gasteiger charge is 2.55. The molecule has 0 radical (unpaired) electrons. The van der Waals surface area contributed by atoms with Gasteiger partial charge in [-0.25, -0.2) is 0 Å². The average Bonchev–Trinajstić information content (AvgIpc) is 2.79. The normalized spacial score (nSPS) is 19.7. The Morgan fingerprint density at radius 2 is 1.71 bits per heavy atom. The monoisotopic (exact) mass is 431 g/mol. The lowest BCUT2D eigenvalue weighted by molar-refractivity contribution is -0.123. The van der Waals surface area contributed by atoms with E-state index in [1.807, 2.05) is 52.0 Å². The van der Waals surface area contributed by atoms with Crippen LogP contribution < -0.4 is 5.73 Å². The van der Waals surface area contributed by atoms with Gasteiger partial charge in [-0.05, 0) is 58.2 Å². The molecule has 1 heterocycles. The third-order valence-electron chi connectivity index (χ3n) is 5.77. The Kier molecular flexibility index (Phi) is 9.29. The average molecular weight is 432 g/mol. The fourth-order valence-electron chi connectivity index (χ4n) is 3.38. The van der Waals surface area contributed by atoms with Crippen molar-refractivity contribution in [2.45, 2.75) is 64.0 Å². The van der Waals surface area contributed by atoms with Crippen LogP contribution in [0.15, 0.2) is 24.3 Å². The first kappa shape index (κ1) is 25.3. The van der Waals surface area contributed by atoms with E-state index in [1.165, 1.54) is 5.56 Å². The molecule has 0 saturated carbocycles. The zero-order valence-corrected chi connectivity index (χ0v) is 18.9. The molecule has 8 heteroatoms. The second kappa shape index (κ2) is 10.3. The van der Waals surface area contributed by atoms with Crippen LogP contribution >= 0.6 is 24.0 Å². The van der Waals surface area contributed by atoms with Crippen LogP contribution in [-0.4, -0.2) is 37.9 Å². The van der Waals surface area contributed by atoms with E-state index in [0.29, 0.717) is 0 Å². The number of amides is 1. The number of benzene rings is 1. The maximum Gasteiger partial charge on any atom is 0.462 e. The lowest BCUT2D eigenvalue weighted by Gasteiger charge is -2.32. The van der Waals surface area contributed by atoms with Crippen LogP contribution in [0.1, 0.15) is 46.1 Å². The first-order valence-electron chi connectivity index (χ1n) is 9.46. The summed E-state index contributed by atoms with van der Waals surface area (Å²) < 4.78 is 17.7. The Hall–Kier alpha value is -0.785. The van der Waals surface area contributed by atoms with Gasteiger partial charge in [0.1, 0.15) is 0 Å². The van der Waals surface area contributed by atoms with Gasteiger partial charge in [-0.3, -0.25) is 4.79 Å². The summed E-state index contributed by atoms with van der Waals surface area (Å²) in [5, 5.41) is 0.725. The van der Waals surface area contributed by atoms with Gasteiger partial charge < -0.3 is 19.8 Å². The van der Waals surface area contributed by atoms with E-state index in [9.17, 15) is 4.79 Å². The van der Waals surface area contributed by atoms with Gasteiger partial charge in [0, 0.05) is 17.9 Å². The molecule has 1 unspecified atom stereocenters. The van der Waals surface area contributed by atoms with E-state index in [2.05, 4.69) is 0 Å². The molecule has 0 bridgehead atoms. The number of ether oxygens (including phenoxy) is 1. The van der Waals surface area contributed by atoms with E-state index in [4.69, 9.17) is 31.4 Å². The van der Waals surface area contributed by atoms with Gasteiger partial charge in [-0.2, -0.15) is 0 Å². The molecule has 158 valence electrons. The van der Waals surface area contributed by atoms with Crippen LogP contribution in [0.4, 0.5) is 0 Å². The Morgan fingerprint density at radius 3 is 2.18 bits per heavy atom. The Bertz CT molecular complexity index is 624. The van der Waals surface area contributed by atoms with Crippen molar-refractivity contribution in [3.63, 3.8) is 0 Å². The molecule has 1 fully saturated rings. The number of hydrogen-bond acceptors (Lipinski definition) is 4. The summed E-state index contributed by atoms with van der Waals surface area (Å²) in [7, 11) is 1.08. The molecule has 28 heavy (non-hydrogen) atoms. The zero-order chi connectivity index (χ0) is 20.2. The highest BCUT2D eigenvalue weighted by molar-refractivity contribution is 6.48. The summed E-state index contributed by atoms with van der Waals surface area (Å²) >= 11 is 5.95. The first-order valence-corrected chi connectivity index (χ1v) is 9.83. The van der Waals surface area contributed by atoms with E-state index in [-0.39, 0.29) is 30.7 Å². The minimum Gasteiger partial charge on any atom is -0.403 e. The predicted octanol–water partition coefficient (Wildman–Crippen LogP) is 4.29. The van der Waals surface area contributed by atoms with Gasteiger partial charge >= 0.3 is 7.12 Å². The van der Waals surface area contributed by atoms with Crippen molar-refractivity contribution >= 4 is 37.0 Å². The molecule has 5 nitrogen and oxygen atoms in total. The van der Waals surface area contributed by atoms with E-state index in [0.717, 1.165) is 24.3 Å². The molecule has 0 aliphatic carbocycles. The van der Waals surface area contributed by atoms with Gasteiger partial charge in [0.2, 0.25) is 5.91 Å². The maximum absolute atomic E-state index is 12.1. The molecule has 2 rings (SSSR count). The zero-order valence-electron chi connectivity index (χ0n) is 17.4. The molecule has 2 atom stereocenters. The highest BCUT2D eigenvalue weighted by Crippen LogP contribution is 2.43. The summed E-state index contributed by atoms with van der Waals surface area (Å²) in [5.74, 6) is -1.02. The van der Waals surface area contributed by atoms with E-state index in [1.54, 1.807) is 7.11 Å². The molecule has 1 saturated heterocycles. The Labute approximate surface area is 180 Å². The highest BCUT2D eigenvalue weighted by atomic mass is 35.5. The number of rotatable bonds is 9. The number of carbonyl (C=O) groups excluding carboxylic acids is 1. The number of nitrogens with two attached hydrogens (primary N) is 1. The van der Waals surface area contributed by atoms with Crippen molar-refractivity contribution in [3.05, 3.63) is 34.9 Å². The summed E-state index contributed by atoms with van der Waals surface area (Å²) in [6, 6.07) is 7.82. The molecular weight excluding hydrogens is 400 g/mol. The van der Waals surface area contributed by atoms with Crippen molar-refractivity contribution in [1.29, 1.82) is 0 Å². The number of aryl methyl sites for hydroxylation is 1. The molecule has 1 aromatic rings. The fraction of sp³-hybridized carbons (Fsp3) is 0.650. The third kappa shape index (κ3) is 6.10. The lowest BCUT2D eigenvalue weighted by Crippen LogP contribution is -2.41. The van der Waals surface area contributed by atoms with Crippen LogP contribution in [0, 0.1) is 5.92 Å². The largest absolute Gasteiger partial charge is 0.462 e. The molecular formula is C20H32BCl2NO4. The number of hydrogen-bond donors (Lipinski definition) is 1. The van der Waals surface area contributed by atoms with Crippen molar-refractivity contribution in [2.75, 3.05) is 13.7 Å². The van der Waals surface area contributed by atoms with Gasteiger partial charge in [0.25, 0.3) is 0 Å². The van der Waals surface area contributed by atoms with Crippen LogP contribution in [0.5, 0.6) is 0 Å². The van der Waals surface area contributed by atoms with E-state index < -0.39 is 24.2 Å². The van der Waals surface area contributed by atoms with Crippen LogP contribution in [0.3, 0.4) is 0 Å². The first-order chi connectivity index (χ1) is 12.6. The SMILES string of the molecule is COCC(C(N)=O)[C@@H](CCCc1ccc(Cl)cc1)B1OC(C)(C)C(C)(C)O1.Cl. The second-order valence-electron chi connectivity index (χ2n) is 8.27. The molecule has 1 amide bonds. The summed E-state index contributed by atoms with van der Waals surface area (Å²) in [4.78, 5) is 12.1. The third-order valence-corrected chi connectivity index (χ3v) is 6.02. The maximum atomic E-state index is 12.1. The predicted molar refractivity (Wildman–Crippen MR) is 116 cm³/mol. The Morgan fingerprint density at radius 1 is 1.18 bits per heavy atom. The van der Waals surface area contributed by atoms with E-state index >= 15 is 0 Å². The number of carbonyl (C=O) groups is 1. The smallest absolute Gasteiger partial charge is 0.403 e. The number of primary amides is 1. The minimum absolute atomic E-state index is 0. The second-order valence-corrected chi connectivity index (χ2v) is 8.71.